The quantitative estimate of drug-likeness (QED) is 0.241. The Balaban J connectivity index is 1.29. The average molecular weight is 514 g/mol. The Hall–Kier alpha value is -3.62. The molecular weight excluding hydrogens is 482 g/mol. The van der Waals surface area contributed by atoms with Gasteiger partial charge in [-0.25, -0.2) is 9.97 Å². The Morgan fingerprint density at radius 2 is 1.65 bits per heavy atom. The molecule has 1 aliphatic rings. The van der Waals surface area contributed by atoms with Crippen molar-refractivity contribution in [2.45, 2.75) is 17.5 Å². The van der Waals surface area contributed by atoms with Gasteiger partial charge in [0.2, 0.25) is 0 Å². The van der Waals surface area contributed by atoms with Gasteiger partial charge in [0.1, 0.15) is 11.6 Å². The largest absolute Gasteiger partial charge is 0.455 e. The molecule has 0 unspecified atom stereocenters. The molecule has 0 saturated carbocycles. The summed E-state index contributed by atoms with van der Waals surface area (Å²) in [6, 6.07) is 25.8. The van der Waals surface area contributed by atoms with Gasteiger partial charge in [0.05, 0.1) is 11.4 Å². The summed E-state index contributed by atoms with van der Waals surface area (Å²) >= 11 is 1.52. The van der Waals surface area contributed by atoms with Crippen molar-refractivity contribution in [1.29, 1.82) is 0 Å². The predicted molar refractivity (Wildman–Crippen MR) is 148 cm³/mol. The van der Waals surface area contributed by atoms with Gasteiger partial charge in [0, 0.05) is 51.4 Å². The van der Waals surface area contributed by atoms with Crippen molar-refractivity contribution in [2.75, 3.05) is 45.2 Å². The number of likely N-dealkylation sites (N-methyl/N-ethyl adjacent to an activating group) is 1. The van der Waals surface area contributed by atoms with Crippen LogP contribution in [-0.4, -0.2) is 65.9 Å². The number of anilines is 1. The van der Waals surface area contributed by atoms with Gasteiger partial charge in [-0.15, -0.1) is 0 Å². The highest BCUT2D eigenvalue weighted by Crippen LogP contribution is 2.28. The van der Waals surface area contributed by atoms with E-state index >= 15 is 0 Å². The third-order valence-electron chi connectivity index (χ3n) is 6.41. The van der Waals surface area contributed by atoms with Crippen LogP contribution in [0.3, 0.4) is 0 Å². The summed E-state index contributed by atoms with van der Waals surface area (Å²) in [5, 5.41) is 0.695. The summed E-state index contributed by atoms with van der Waals surface area (Å²) in [4.78, 5) is 28.9. The Morgan fingerprint density at radius 3 is 2.38 bits per heavy atom. The Labute approximate surface area is 222 Å². The molecule has 3 heterocycles. The van der Waals surface area contributed by atoms with Crippen LogP contribution < -0.4 is 4.90 Å². The second-order valence-electron chi connectivity index (χ2n) is 9.25. The SMILES string of the molecule is CN1CCN(c2cc(-c3ccccc3)nc(SCc3ccc(C(=O)N(C)Cc4ccccc4)o3)n2)CC1. The minimum atomic E-state index is -0.139. The number of rotatable bonds is 8. The van der Waals surface area contributed by atoms with Gasteiger partial charge >= 0.3 is 0 Å². The van der Waals surface area contributed by atoms with Crippen LogP contribution in [0, 0.1) is 0 Å². The second-order valence-corrected chi connectivity index (χ2v) is 10.2. The summed E-state index contributed by atoms with van der Waals surface area (Å²) in [5.74, 6) is 2.40. The van der Waals surface area contributed by atoms with Gasteiger partial charge in [-0.3, -0.25) is 4.79 Å². The lowest BCUT2D eigenvalue weighted by molar-refractivity contribution is 0.0752. The fraction of sp³-hybridized carbons (Fsp3) is 0.276. The molecule has 2 aromatic carbocycles. The van der Waals surface area contributed by atoms with E-state index in [1.165, 1.54) is 11.8 Å². The predicted octanol–water partition coefficient (Wildman–Crippen LogP) is 5.05. The first-order valence-corrected chi connectivity index (χ1v) is 13.4. The maximum Gasteiger partial charge on any atom is 0.289 e. The Kier molecular flexibility index (Phi) is 7.87. The van der Waals surface area contributed by atoms with Crippen molar-refractivity contribution < 1.29 is 9.21 Å². The van der Waals surface area contributed by atoms with Gasteiger partial charge in [0.25, 0.3) is 5.91 Å². The molecule has 37 heavy (non-hydrogen) atoms. The standard InChI is InChI=1S/C29H31N5O2S/c1-32-15-17-34(18-16-32)27-19-25(23-11-7-4-8-12-23)30-29(31-27)37-21-24-13-14-26(36-24)28(35)33(2)20-22-9-5-3-6-10-22/h3-14,19H,15-18,20-21H2,1-2H3. The van der Waals surface area contributed by atoms with Crippen LogP contribution in [0.4, 0.5) is 5.82 Å². The van der Waals surface area contributed by atoms with Crippen molar-refractivity contribution in [3.8, 4) is 11.3 Å². The van der Waals surface area contributed by atoms with E-state index in [0.717, 1.165) is 54.6 Å². The lowest BCUT2D eigenvalue weighted by Gasteiger charge is -2.33. The van der Waals surface area contributed by atoms with E-state index < -0.39 is 0 Å². The molecule has 4 aromatic rings. The fourth-order valence-electron chi connectivity index (χ4n) is 4.26. The summed E-state index contributed by atoms with van der Waals surface area (Å²) in [6.45, 7) is 4.42. The van der Waals surface area contributed by atoms with Crippen molar-refractivity contribution in [3.05, 3.63) is 95.9 Å². The van der Waals surface area contributed by atoms with Gasteiger partial charge < -0.3 is 19.1 Å². The molecule has 2 aromatic heterocycles. The van der Waals surface area contributed by atoms with Crippen LogP contribution in [0.25, 0.3) is 11.3 Å². The van der Waals surface area contributed by atoms with E-state index in [1.54, 1.807) is 18.0 Å². The molecule has 0 bridgehead atoms. The molecule has 0 N–H and O–H groups in total. The Morgan fingerprint density at radius 1 is 0.946 bits per heavy atom. The molecule has 0 atom stereocenters. The number of piperazine rings is 1. The summed E-state index contributed by atoms with van der Waals surface area (Å²) in [6.07, 6.45) is 0. The number of amides is 1. The molecule has 0 aliphatic carbocycles. The van der Waals surface area contributed by atoms with Crippen molar-refractivity contribution in [3.63, 3.8) is 0 Å². The van der Waals surface area contributed by atoms with Crippen LogP contribution >= 0.6 is 11.8 Å². The number of furan rings is 1. The summed E-state index contributed by atoms with van der Waals surface area (Å²) < 4.78 is 5.92. The zero-order chi connectivity index (χ0) is 25.6. The molecule has 1 aliphatic heterocycles. The lowest BCUT2D eigenvalue weighted by atomic mass is 10.1. The second kappa shape index (κ2) is 11.6. The number of benzene rings is 2. The minimum absolute atomic E-state index is 0.139. The van der Waals surface area contributed by atoms with Crippen molar-refractivity contribution in [1.82, 2.24) is 19.8 Å². The van der Waals surface area contributed by atoms with Crippen molar-refractivity contribution >= 4 is 23.5 Å². The number of aromatic nitrogens is 2. The molecule has 0 radical (unpaired) electrons. The third-order valence-corrected chi connectivity index (χ3v) is 7.28. The first kappa shape index (κ1) is 25.0. The van der Waals surface area contributed by atoms with E-state index in [-0.39, 0.29) is 5.91 Å². The highest BCUT2D eigenvalue weighted by Gasteiger charge is 2.19. The van der Waals surface area contributed by atoms with Gasteiger partial charge in [-0.05, 0) is 24.7 Å². The van der Waals surface area contributed by atoms with Crippen LogP contribution in [0.5, 0.6) is 0 Å². The Bertz CT molecular complexity index is 1320. The number of hydrogen-bond acceptors (Lipinski definition) is 7. The molecule has 1 saturated heterocycles. The molecule has 0 spiro atoms. The van der Waals surface area contributed by atoms with Gasteiger partial charge in [-0.1, -0.05) is 72.4 Å². The fourth-order valence-corrected chi connectivity index (χ4v) is 5.00. The van der Waals surface area contributed by atoms with Crippen LogP contribution in [0.15, 0.2) is 88.4 Å². The molecule has 190 valence electrons. The van der Waals surface area contributed by atoms with E-state index in [9.17, 15) is 4.79 Å². The number of thioether (sulfide) groups is 1. The van der Waals surface area contributed by atoms with Gasteiger partial charge in [0.15, 0.2) is 10.9 Å². The summed E-state index contributed by atoms with van der Waals surface area (Å²) in [7, 11) is 3.94. The smallest absolute Gasteiger partial charge is 0.289 e. The molecule has 1 fully saturated rings. The third kappa shape index (κ3) is 6.39. The maximum absolute atomic E-state index is 12.9. The van der Waals surface area contributed by atoms with Crippen LogP contribution in [0.1, 0.15) is 21.9 Å². The first-order valence-electron chi connectivity index (χ1n) is 12.4. The average Bonchev–Trinajstić information content (AvgIpc) is 3.42. The maximum atomic E-state index is 12.9. The van der Waals surface area contributed by atoms with Gasteiger partial charge in [-0.2, -0.15) is 0 Å². The number of carbonyl (C=O) groups is 1. The van der Waals surface area contributed by atoms with Crippen molar-refractivity contribution in [2.24, 2.45) is 0 Å². The molecular formula is C29H31N5O2S. The van der Waals surface area contributed by atoms with E-state index in [1.807, 2.05) is 54.6 Å². The highest BCUT2D eigenvalue weighted by atomic mass is 32.2. The number of hydrogen-bond donors (Lipinski definition) is 0. The minimum Gasteiger partial charge on any atom is -0.455 e. The molecule has 8 heteroatoms. The highest BCUT2D eigenvalue weighted by molar-refractivity contribution is 7.98. The lowest BCUT2D eigenvalue weighted by Crippen LogP contribution is -2.44. The monoisotopic (exact) mass is 513 g/mol. The van der Waals surface area contributed by atoms with Crippen LogP contribution in [-0.2, 0) is 12.3 Å². The number of carbonyl (C=O) groups excluding carboxylic acids is 1. The zero-order valence-electron chi connectivity index (χ0n) is 21.2. The number of nitrogens with zero attached hydrogens (tertiary/aromatic N) is 5. The van der Waals surface area contributed by atoms with E-state index in [2.05, 4.69) is 35.0 Å². The molecule has 1 amide bonds. The first-order chi connectivity index (χ1) is 18.0. The normalized spacial score (nSPS) is 14.1. The van der Waals surface area contributed by atoms with Crippen LogP contribution in [0.2, 0.25) is 0 Å². The molecule has 7 nitrogen and oxygen atoms in total. The van der Waals surface area contributed by atoms with E-state index in [0.29, 0.717) is 23.2 Å². The zero-order valence-corrected chi connectivity index (χ0v) is 22.0. The topological polar surface area (TPSA) is 65.7 Å². The van der Waals surface area contributed by atoms with E-state index in [4.69, 9.17) is 14.4 Å². The summed E-state index contributed by atoms with van der Waals surface area (Å²) in [5.41, 5.74) is 3.05. The molecule has 5 rings (SSSR count).